The Kier molecular flexibility index (Phi) is 4.27. The zero-order valence-corrected chi connectivity index (χ0v) is 15.9. The number of furan rings is 1. The van der Waals surface area contributed by atoms with Crippen LogP contribution < -0.4 is 0 Å². The van der Waals surface area contributed by atoms with Gasteiger partial charge in [0.1, 0.15) is 11.5 Å². The van der Waals surface area contributed by atoms with Gasteiger partial charge in [-0.05, 0) is 42.5 Å². The lowest BCUT2D eigenvalue weighted by atomic mass is 10.2. The summed E-state index contributed by atoms with van der Waals surface area (Å²) in [5.41, 5.74) is 1.23. The van der Waals surface area contributed by atoms with Gasteiger partial charge in [-0.25, -0.2) is 0 Å². The fourth-order valence-corrected chi connectivity index (χ4v) is 4.38. The quantitative estimate of drug-likeness (QED) is 0.816. The molecule has 3 fully saturated rings. The molecule has 3 heterocycles. The monoisotopic (exact) mass is 365 g/mol. The van der Waals surface area contributed by atoms with Gasteiger partial charge in [0.15, 0.2) is 0 Å². The van der Waals surface area contributed by atoms with Crippen molar-refractivity contribution < 1.29 is 9.21 Å². The molecule has 4 atom stereocenters. The number of amides is 1. The van der Waals surface area contributed by atoms with E-state index in [0.717, 1.165) is 56.6 Å². The molecular formula is C22H27N3O2. The maximum absolute atomic E-state index is 12.9. The standard InChI is InChI=1S/C22H27N3O2/c1-15-11-17(15)20-4-5-21(27-20)18-12-19(18)22(26)25-9-7-24(8-10-25)14-16-3-2-6-23-13-16/h2-6,13,15,17-19H,7-12,14H2,1H3. The van der Waals surface area contributed by atoms with E-state index in [1.807, 2.05) is 12.3 Å². The molecule has 1 amide bonds. The van der Waals surface area contributed by atoms with Gasteiger partial charge in [-0.1, -0.05) is 13.0 Å². The minimum Gasteiger partial charge on any atom is -0.465 e. The molecular weight excluding hydrogens is 338 g/mol. The van der Waals surface area contributed by atoms with Crippen LogP contribution in [0.3, 0.4) is 0 Å². The van der Waals surface area contributed by atoms with Gasteiger partial charge >= 0.3 is 0 Å². The molecule has 1 saturated heterocycles. The Labute approximate surface area is 160 Å². The zero-order valence-electron chi connectivity index (χ0n) is 15.9. The number of hydrogen-bond donors (Lipinski definition) is 0. The van der Waals surface area contributed by atoms with E-state index in [-0.39, 0.29) is 5.92 Å². The molecule has 2 aromatic rings. The molecule has 142 valence electrons. The highest BCUT2D eigenvalue weighted by molar-refractivity contribution is 5.83. The van der Waals surface area contributed by atoms with Gasteiger partial charge < -0.3 is 9.32 Å². The van der Waals surface area contributed by atoms with Crippen LogP contribution in [0.5, 0.6) is 0 Å². The van der Waals surface area contributed by atoms with Crippen LogP contribution in [-0.2, 0) is 11.3 Å². The Bertz CT molecular complexity index is 810. The van der Waals surface area contributed by atoms with Gasteiger partial charge in [-0.2, -0.15) is 0 Å². The average molecular weight is 365 g/mol. The summed E-state index contributed by atoms with van der Waals surface area (Å²) in [6, 6.07) is 8.32. The average Bonchev–Trinajstić information content (AvgIpc) is 3.60. The molecule has 2 saturated carbocycles. The zero-order chi connectivity index (χ0) is 18.4. The molecule has 5 nitrogen and oxygen atoms in total. The van der Waals surface area contributed by atoms with Crippen LogP contribution in [0.1, 0.15) is 48.7 Å². The Hall–Kier alpha value is -2.14. The van der Waals surface area contributed by atoms with Gasteiger partial charge in [0.2, 0.25) is 5.91 Å². The molecule has 0 aromatic carbocycles. The van der Waals surface area contributed by atoms with Gasteiger partial charge in [0.05, 0.1) is 0 Å². The number of rotatable bonds is 5. The molecule has 5 heteroatoms. The van der Waals surface area contributed by atoms with E-state index in [1.54, 1.807) is 6.20 Å². The Morgan fingerprint density at radius 3 is 2.52 bits per heavy atom. The van der Waals surface area contributed by atoms with E-state index in [9.17, 15) is 4.79 Å². The number of aromatic nitrogens is 1. The number of pyridine rings is 1. The largest absolute Gasteiger partial charge is 0.465 e. The van der Waals surface area contributed by atoms with Crippen molar-refractivity contribution in [2.24, 2.45) is 11.8 Å². The van der Waals surface area contributed by atoms with E-state index < -0.39 is 0 Å². The molecule has 2 aromatic heterocycles. The number of piperazine rings is 1. The van der Waals surface area contributed by atoms with Crippen LogP contribution in [0.2, 0.25) is 0 Å². The van der Waals surface area contributed by atoms with Crippen molar-refractivity contribution in [2.75, 3.05) is 26.2 Å². The summed E-state index contributed by atoms with van der Waals surface area (Å²) in [6.07, 6.45) is 5.91. The summed E-state index contributed by atoms with van der Waals surface area (Å²) in [4.78, 5) is 21.5. The highest BCUT2D eigenvalue weighted by atomic mass is 16.3. The minimum atomic E-state index is 0.130. The SMILES string of the molecule is CC1CC1c1ccc(C2CC2C(=O)N2CCN(Cc3cccnc3)CC2)o1. The topological polar surface area (TPSA) is 49.6 Å². The molecule has 0 N–H and O–H groups in total. The Balaban J connectivity index is 1.12. The number of hydrogen-bond acceptors (Lipinski definition) is 4. The normalized spacial score (nSPS) is 30.3. The lowest BCUT2D eigenvalue weighted by molar-refractivity contribution is -0.134. The second-order valence-corrected chi connectivity index (χ2v) is 8.47. The maximum Gasteiger partial charge on any atom is 0.226 e. The number of nitrogens with zero attached hydrogens (tertiary/aromatic N) is 3. The summed E-state index contributed by atoms with van der Waals surface area (Å²) in [6.45, 7) is 6.70. The van der Waals surface area contributed by atoms with Crippen LogP contribution in [0.25, 0.3) is 0 Å². The third-order valence-corrected chi connectivity index (χ3v) is 6.41. The molecule has 0 radical (unpaired) electrons. The third kappa shape index (κ3) is 3.53. The number of carbonyl (C=O) groups is 1. The van der Waals surface area contributed by atoms with Crippen LogP contribution in [0, 0.1) is 11.8 Å². The first-order valence-corrected chi connectivity index (χ1v) is 10.2. The smallest absolute Gasteiger partial charge is 0.226 e. The fraction of sp³-hybridized carbons (Fsp3) is 0.545. The van der Waals surface area contributed by atoms with E-state index in [2.05, 4.69) is 39.9 Å². The van der Waals surface area contributed by atoms with E-state index in [0.29, 0.717) is 17.7 Å². The van der Waals surface area contributed by atoms with Crippen molar-refractivity contribution >= 4 is 5.91 Å². The first-order valence-electron chi connectivity index (χ1n) is 10.2. The highest BCUT2D eigenvalue weighted by Crippen LogP contribution is 2.52. The second-order valence-electron chi connectivity index (χ2n) is 8.47. The molecule has 0 spiro atoms. The second kappa shape index (κ2) is 6.79. The van der Waals surface area contributed by atoms with Gasteiger partial charge in [0, 0.05) is 62.9 Å². The highest BCUT2D eigenvalue weighted by Gasteiger charge is 2.48. The molecule has 5 rings (SSSR count). The van der Waals surface area contributed by atoms with Crippen molar-refractivity contribution in [2.45, 2.75) is 38.1 Å². The minimum absolute atomic E-state index is 0.130. The van der Waals surface area contributed by atoms with Gasteiger partial charge in [-0.15, -0.1) is 0 Å². The van der Waals surface area contributed by atoms with Crippen LogP contribution in [-0.4, -0.2) is 46.9 Å². The summed E-state index contributed by atoms with van der Waals surface area (Å²) < 4.78 is 6.07. The third-order valence-electron chi connectivity index (χ3n) is 6.41. The predicted molar refractivity (Wildman–Crippen MR) is 102 cm³/mol. The van der Waals surface area contributed by atoms with Gasteiger partial charge in [0.25, 0.3) is 0 Å². The fourth-order valence-electron chi connectivity index (χ4n) is 4.38. The van der Waals surface area contributed by atoms with E-state index in [1.165, 1.54) is 12.0 Å². The summed E-state index contributed by atoms with van der Waals surface area (Å²) in [5, 5.41) is 0. The molecule has 4 unspecified atom stereocenters. The van der Waals surface area contributed by atoms with Crippen LogP contribution in [0.15, 0.2) is 41.1 Å². The molecule has 0 bridgehead atoms. The molecule has 27 heavy (non-hydrogen) atoms. The summed E-state index contributed by atoms with van der Waals surface area (Å²) in [5.74, 6) is 4.26. The van der Waals surface area contributed by atoms with Crippen molar-refractivity contribution in [3.05, 3.63) is 53.7 Å². The predicted octanol–water partition coefficient (Wildman–Crippen LogP) is 3.25. The van der Waals surface area contributed by atoms with Crippen molar-refractivity contribution in [1.29, 1.82) is 0 Å². The summed E-state index contributed by atoms with van der Waals surface area (Å²) in [7, 11) is 0. The molecule has 3 aliphatic rings. The van der Waals surface area contributed by atoms with Crippen LogP contribution >= 0.6 is 0 Å². The van der Waals surface area contributed by atoms with E-state index in [4.69, 9.17) is 4.42 Å². The first-order chi connectivity index (χ1) is 13.2. The van der Waals surface area contributed by atoms with Crippen molar-refractivity contribution in [3.8, 4) is 0 Å². The van der Waals surface area contributed by atoms with Crippen molar-refractivity contribution in [1.82, 2.24) is 14.8 Å². The first kappa shape index (κ1) is 17.0. The Morgan fingerprint density at radius 1 is 1.11 bits per heavy atom. The van der Waals surface area contributed by atoms with Gasteiger partial charge in [-0.3, -0.25) is 14.7 Å². The molecule has 1 aliphatic heterocycles. The summed E-state index contributed by atoms with van der Waals surface area (Å²) >= 11 is 0. The maximum atomic E-state index is 12.9. The van der Waals surface area contributed by atoms with Crippen molar-refractivity contribution in [3.63, 3.8) is 0 Å². The lowest BCUT2D eigenvalue weighted by Crippen LogP contribution is -2.48. The number of carbonyl (C=O) groups excluding carboxylic acids is 1. The van der Waals surface area contributed by atoms with E-state index >= 15 is 0 Å². The van der Waals surface area contributed by atoms with Crippen LogP contribution in [0.4, 0.5) is 0 Å². The lowest BCUT2D eigenvalue weighted by Gasteiger charge is -2.35. The Morgan fingerprint density at radius 2 is 1.85 bits per heavy atom. The molecule has 2 aliphatic carbocycles.